The molecule has 0 aromatic carbocycles. The molecule has 0 saturated carbocycles. The fourth-order valence-corrected chi connectivity index (χ4v) is 1.06. The molecule has 1 unspecified atom stereocenters. The first-order valence-electron chi connectivity index (χ1n) is 3.62. The summed E-state index contributed by atoms with van der Waals surface area (Å²) < 4.78 is 1.77. The van der Waals surface area contributed by atoms with Crippen molar-refractivity contribution in [2.24, 2.45) is 0 Å². The molecule has 0 aliphatic carbocycles. The molecule has 0 spiro atoms. The second-order valence-corrected chi connectivity index (χ2v) is 3.19. The van der Waals surface area contributed by atoms with Crippen molar-refractivity contribution in [2.45, 2.75) is 12.6 Å². The number of rotatable bonds is 3. The zero-order valence-corrected chi connectivity index (χ0v) is 8.07. The van der Waals surface area contributed by atoms with E-state index >= 15 is 0 Å². The predicted octanol–water partition coefficient (Wildman–Crippen LogP) is 0.604. The van der Waals surface area contributed by atoms with Crippen LogP contribution in [0.1, 0.15) is 0 Å². The van der Waals surface area contributed by atoms with Crippen molar-refractivity contribution < 1.29 is 5.11 Å². The summed E-state index contributed by atoms with van der Waals surface area (Å²) in [4.78, 5) is 10.7. The Morgan fingerprint density at radius 2 is 2.08 bits per heavy atom. The van der Waals surface area contributed by atoms with Crippen molar-refractivity contribution in [3.8, 4) is 0 Å². The van der Waals surface area contributed by atoms with Gasteiger partial charge in [0.15, 0.2) is 5.43 Å². The number of aliphatic hydroxyl groups is 1. The van der Waals surface area contributed by atoms with Crippen molar-refractivity contribution in [3.63, 3.8) is 0 Å². The van der Waals surface area contributed by atoms with Crippen molar-refractivity contribution in [1.82, 2.24) is 4.57 Å². The Bertz CT molecular complexity index is 277. The third-order valence-corrected chi connectivity index (χ3v) is 2.21. The molecule has 12 heavy (non-hydrogen) atoms. The Morgan fingerprint density at radius 1 is 1.50 bits per heavy atom. The van der Waals surface area contributed by atoms with E-state index in [1.165, 1.54) is 12.1 Å². The van der Waals surface area contributed by atoms with Crippen molar-refractivity contribution in [3.05, 3.63) is 34.7 Å². The summed E-state index contributed by atoms with van der Waals surface area (Å²) in [6.07, 6.45) is 2.91. The van der Waals surface area contributed by atoms with Crippen LogP contribution in [0.5, 0.6) is 0 Å². The lowest BCUT2D eigenvalue weighted by atomic mass is 10.4. The number of aromatic nitrogens is 1. The second-order valence-electron chi connectivity index (χ2n) is 2.54. The average Bonchev–Trinajstić information content (AvgIpc) is 2.09. The number of halogens is 1. The lowest BCUT2D eigenvalue weighted by molar-refractivity contribution is 0.179. The highest BCUT2D eigenvalue weighted by atomic mass is 79.9. The molecule has 0 bridgehead atoms. The summed E-state index contributed by atoms with van der Waals surface area (Å²) in [5.41, 5.74) is -0.0143. The molecule has 4 heteroatoms. The van der Waals surface area contributed by atoms with Crippen LogP contribution in [0.15, 0.2) is 29.3 Å². The first-order chi connectivity index (χ1) is 5.72. The average molecular weight is 232 g/mol. The van der Waals surface area contributed by atoms with E-state index in [4.69, 9.17) is 0 Å². The van der Waals surface area contributed by atoms with E-state index in [0.29, 0.717) is 11.9 Å². The van der Waals surface area contributed by atoms with Gasteiger partial charge in [-0.3, -0.25) is 4.79 Å². The van der Waals surface area contributed by atoms with Gasteiger partial charge in [0, 0.05) is 36.4 Å². The molecule has 1 aromatic heterocycles. The molecular formula is C8H10BrNO2. The Balaban J connectivity index is 2.64. The topological polar surface area (TPSA) is 42.2 Å². The molecule has 66 valence electrons. The van der Waals surface area contributed by atoms with Gasteiger partial charge in [-0.2, -0.15) is 0 Å². The third kappa shape index (κ3) is 2.79. The molecule has 0 aliphatic heterocycles. The Morgan fingerprint density at radius 3 is 2.58 bits per heavy atom. The van der Waals surface area contributed by atoms with Gasteiger partial charge >= 0.3 is 0 Å². The lowest BCUT2D eigenvalue weighted by Gasteiger charge is -2.09. The Labute approximate surface area is 78.8 Å². The zero-order chi connectivity index (χ0) is 8.97. The van der Waals surface area contributed by atoms with Gasteiger partial charge in [-0.05, 0) is 0 Å². The summed E-state index contributed by atoms with van der Waals surface area (Å²) in [7, 11) is 0. The third-order valence-electron chi connectivity index (χ3n) is 1.46. The van der Waals surface area contributed by atoms with E-state index in [1.54, 1.807) is 17.0 Å². The molecule has 1 N–H and O–H groups in total. The van der Waals surface area contributed by atoms with Gasteiger partial charge in [-0.15, -0.1) is 0 Å². The Hall–Kier alpha value is -0.610. The minimum absolute atomic E-state index is 0.0143. The molecule has 0 fully saturated rings. The molecule has 0 amide bonds. The minimum Gasteiger partial charge on any atom is -0.390 e. The van der Waals surface area contributed by atoms with Gasteiger partial charge in [-0.1, -0.05) is 15.9 Å². The first kappa shape index (κ1) is 9.48. The van der Waals surface area contributed by atoms with E-state index in [1.807, 2.05) is 0 Å². The van der Waals surface area contributed by atoms with Crippen LogP contribution in [-0.2, 0) is 6.54 Å². The zero-order valence-electron chi connectivity index (χ0n) is 6.48. The largest absolute Gasteiger partial charge is 0.390 e. The van der Waals surface area contributed by atoms with Gasteiger partial charge in [0.25, 0.3) is 0 Å². The smallest absolute Gasteiger partial charge is 0.181 e. The van der Waals surface area contributed by atoms with Gasteiger partial charge in [-0.25, -0.2) is 0 Å². The normalized spacial score (nSPS) is 12.8. The van der Waals surface area contributed by atoms with Crippen molar-refractivity contribution >= 4 is 15.9 Å². The van der Waals surface area contributed by atoms with Gasteiger partial charge in [0.05, 0.1) is 6.10 Å². The number of alkyl halides is 1. The standard InChI is InChI=1S/C8H10BrNO2/c9-5-8(12)6-10-3-1-7(11)2-4-10/h1-4,8,12H,5-6H2. The molecule has 0 radical (unpaired) electrons. The molecule has 1 heterocycles. The number of hydrogen-bond acceptors (Lipinski definition) is 2. The number of hydrogen-bond donors (Lipinski definition) is 1. The minimum atomic E-state index is -0.410. The van der Waals surface area contributed by atoms with Gasteiger partial charge in [0.2, 0.25) is 0 Å². The molecule has 1 rings (SSSR count). The van der Waals surface area contributed by atoms with Crippen LogP contribution in [0, 0.1) is 0 Å². The molecule has 1 aromatic rings. The quantitative estimate of drug-likeness (QED) is 0.775. The number of nitrogens with zero attached hydrogens (tertiary/aromatic N) is 1. The van der Waals surface area contributed by atoms with E-state index in [-0.39, 0.29) is 5.43 Å². The van der Waals surface area contributed by atoms with Crippen LogP contribution in [0.3, 0.4) is 0 Å². The monoisotopic (exact) mass is 231 g/mol. The highest BCUT2D eigenvalue weighted by Gasteiger charge is 2.00. The molecular weight excluding hydrogens is 222 g/mol. The SMILES string of the molecule is O=c1ccn(CC(O)CBr)cc1. The molecule has 1 atom stereocenters. The van der Waals surface area contributed by atoms with Crippen LogP contribution < -0.4 is 5.43 Å². The lowest BCUT2D eigenvalue weighted by Crippen LogP contribution is -2.17. The van der Waals surface area contributed by atoms with Crippen molar-refractivity contribution in [1.29, 1.82) is 0 Å². The maximum Gasteiger partial charge on any atom is 0.181 e. The van der Waals surface area contributed by atoms with Crippen LogP contribution in [0.2, 0.25) is 0 Å². The highest BCUT2D eigenvalue weighted by molar-refractivity contribution is 9.09. The summed E-state index contributed by atoms with van der Waals surface area (Å²) in [5, 5.41) is 9.78. The Kier molecular flexibility index (Phi) is 3.49. The van der Waals surface area contributed by atoms with Gasteiger partial charge in [0.1, 0.15) is 0 Å². The predicted molar refractivity (Wildman–Crippen MR) is 50.5 cm³/mol. The number of pyridine rings is 1. The fraction of sp³-hybridized carbons (Fsp3) is 0.375. The molecule has 0 saturated heterocycles. The number of aliphatic hydroxyl groups excluding tert-OH is 1. The second kappa shape index (κ2) is 4.42. The van der Waals surface area contributed by atoms with Crippen LogP contribution >= 0.6 is 15.9 Å². The van der Waals surface area contributed by atoms with E-state index in [9.17, 15) is 9.90 Å². The molecule has 3 nitrogen and oxygen atoms in total. The first-order valence-corrected chi connectivity index (χ1v) is 4.74. The van der Waals surface area contributed by atoms with Gasteiger partial charge < -0.3 is 9.67 Å². The highest BCUT2D eigenvalue weighted by Crippen LogP contribution is 1.94. The molecule has 0 aliphatic rings. The maximum absolute atomic E-state index is 10.7. The van der Waals surface area contributed by atoms with Crippen LogP contribution in [0.4, 0.5) is 0 Å². The summed E-state index contributed by atoms with van der Waals surface area (Å²) in [5.74, 6) is 0. The summed E-state index contributed by atoms with van der Waals surface area (Å²) in [6.45, 7) is 0.505. The maximum atomic E-state index is 10.7. The fourth-order valence-electron chi connectivity index (χ4n) is 0.858. The van der Waals surface area contributed by atoms with E-state index in [2.05, 4.69) is 15.9 Å². The van der Waals surface area contributed by atoms with Crippen molar-refractivity contribution in [2.75, 3.05) is 5.33 Å². The van der Waals surface area contributed by atoms with E-state index < -0.39 is 6.10 Å². The van der Waals surface area contributed by atoms with Crippen LogP contribution in [0.25, 0.3) is 0 Å². The summed E-state index contributed by atoms with van der Waals surface area (Å²) in [6, 6.07) is 2.95. The van der Waals surface area contributed by atoms with Crippen LogP contribution in [-0.4, -0.2) is 21.1 Å². The van der Waals surface area contributed by atoms with E-state index in [0.717, 1.165) is 0 Å². The summed E-state index contributed by atoms with van der Waals surface area (Å²) >= 11 is 3.16.